The molecule has 0 aliphatic carbocycles. The number of aryl methyl sites for hydroxylation is 1. The molecule has 0 amide bonds. The first-order chi connectivity index (χ1) is 11.0. The minimum atomic E-state index is -0.0227. The maximum atomic E-state index is 11.9. The fraction of sp³-hybridized carbons (Fsp3) is 0.263. The molecule has 120 valence electrons. The minimum absolute atomic E-state index is 0.0227. The molecular formula is C19H21NO3. The maximum Gasteiger partial charge on any atom is 0.161 e. The Labute approximate surface area is 136 Å². The summed E-state index contributed by atoms with van der Waals surface area (Å²) in [6.45, 7) is 5.44. The summed E-state index contributed by atoms with van der Waals surface area (Å²) in [5.41, 5.74) is 4.20. The summed E-state index contributed by atoms with van der Waals surface area (Å²) in [5.74, 6) is 1.49. The number of pyridine rings is 1. The number of ketones is 1. The highest BCUT2D eigenvalue weighted by atomic mass is 16.5. The molecule has 1 aromatic carbocycles. The van der Waals surface area contributed by atoms with Gasteiger partial charge in [0.25, 0.3) is 0 Å². The molecule has 2 rings (SSSR count). The fourth-order valence-corrected chi connectivity index (χ4v) is 2.63. The van der Waals surface area contributed by atoms with Gasteiger partial charge in [0.05, 0.1) is 14.2 Å². The van der Waals surface area contributed by atoms with E-state index >= 15 is 0 Å². The number of methoxy groups -OCH3 is 2. The average molecular weight is 311 g/mol. The lowest BCUT2D eigenvalue weighted by Crippen LogP contribution is -2.03. The Bertz CT molecular complexity index is 763. The van der Waals surface area contributed by atoms with Crippen LogP contribution in [0.3, 0.4) is 0 Å². The summed E-state index contributed by atoms with van der Waals surface area (Å²) in [4.78, 5) is 16.0. The van der Waals surface area contributed by atoms with Crippen LogP contribution in [0.15, 0.2) is 36.7 Å². The highest BCUT2D eigenvalue weighted by Gasteiger charge is 2.17. The quantitative estimate of drug-likeness (QED) is 0.781. The lowest BCUT2D eigenvalue weighted by molar-refractivity contribution is 0.101. The summed E-state index contributed by atoms with van der Waals surface area (Å²) in [6.07, 6.45) is 5.25. The first-order valence-corrected chi connectivity index (χ1v) is 7.38. The van der Waals surface area contributed by atoms with E-state index in [1.54, 1.807) is 33.5 Å². The van der Waals surface area contributed by atoms with Crippen molar-refractivity contribution in [1.82, 2.24) is 4.98 Å². The third-order valence-corrected chi connectivity index (χ3v) is 3.79. The molecule has 4 heteroatoms. The Hall–Kier alpha value is -2.62. The second kappa shape index (κ2) is 7.09. The number of carbonyl (C=O) groups excluding carboxylic acids is 1. The number of nitrogens with zero attached hydrogens (tertiary/aromatic N) is 1. The van der Waals surface area contributed by atoms with Crippen LogP contribution in [-0.2, 0) is 0 Å². The van der Waals surface area contributed by atoms with Gasteiger partial charge in [-0.1, -0.05) is 6.08 Å². The summed E-state index contributed by atoms with van der Waals surface area (Å²) < 4.78 is 11.0. The van der Waals surface area contributed by atoms with Crippen LogP contribution in [-0.4, -0.2) is 25.0 Å². The first-order valence-electron chi connectivity index (χ1n) is 7.38. The highest BCUT2D eigenvalue weighted by Crippen LogP contribution is 2.37. The molecule has 0 fully saturated rings. The molecule has 2 aromatic rings. The number of hydrogen-bond donors (Lipinski definition) is 0. The maximum absolute atomic E-state index is 11.9. The molecule has 23 heavy (non-hydrogen) atoms. The average Bonchev–Trinajstić information content (AvgIpc) is 2.56. The van der Waals surface area contributed by atoms with Crippen molar-refractivity contribution >= 4 is 11.4 Å². The number of benzene rings is 1. The van der Waals surface area contributed by atoms with Gasteiger partial charge in [0.2, 0.25) is 0 Å². The summed E-state index contributed by atoms with van der Waals surface area (Å²) in [6, 6.07) is 5.72. The minimum Gasteiger partial charge on any atom is -0.496 e. The van der Waals surface area contributed by atoms with Crippen molar-refractivity contribution in [2.75, 3.05) is 14.2 Å². The molecule has 0 radical (unpaired) electrons. The van der Waals surface area contributed by atoms with Crippen molar-refractivity contribution in [1.29, 1.82) is 0 Å². The van der Waals surface area contributed by atoms with Gasteiger partial charge in [-0.3, -0.25) is 9.78 Å². The van der Waals surface area contributed by atoms with Gasteiger partial charge in [-0.15, -0.1) is 0 Å². The van der Waals surface area contributed by atoms with Crippen LogP contribution in [0.5, 0.6) is 11.5 Å². The smallest absolute Gasteiger partial charge is 0.161 e. The van der Waals surface area contributed by atoms with Crippen molar-refractivity contribution in [3.8, 4) is 11.5 Å². The van der Waals surface area contributed by atoms with Gasteiger partial charge in [0, 0.05) is 23.5 Å². The lowest BCUT2D eigenvalue weighted by atomic mass is 9.92. The van der Waals surface area contributed by atoms with Crippen LogP contribution < -0.4 is 9.47 Å². The molecule has 0 bridgehead atoms. The zero-order valence-electron chi connectivity index (χ0n) is 14.1. The number of aromatic nitrogens is 1. The van der Waals surface area contributed by atoms with Gasteiger partial charge >= 0.3 is 0 Å². The van der Waals surface area contributed by atoms with Crippen molar-refractivity contribution in [3.05, 3.63) is 58.9 Å². The van der Waals surface area contributed by atoms with Gasteiger partial charge < -0.3 is 9.47 Å². The number of ether oxygens (including phenoxy) is 2. The predicted molar refractivity (Wildman–Crippen MR) is 91.3 cm³/mol. The van der Waals surface area contributed by atoms with Crippen molar-refractivity contribution < 1.29 is 14.3 Å². The molecule has 0 N–H and O–H groups in total. The predicted octanol–water partition coefficient (Wildman–Crippen LogP) is 4.06. The first kappa shape index (κ1) is 16.7. The third kappa shape index (κ3) is 3.26. The zero-order chi connectivity index (χ0) is 17.0. The summed E-state index contributed by atoms with van der Waals surface area (Å²) in [7, 11) is 3.28. The SMILES string of the molecule is C/C=C(/c1cc(OC)c(C)cc1OC)c1ccncc1C(C)=O. The van der Waals surface area contributed by atoms with Crippen molar-refractivity contribution in [2.45, 2.75) is 20.8 Å². The highest BCUT2D eigenvalue weighted by molar-refractivity contribution is 6.01. The number of carbonyl (C=O) groups is 1. The monoisotopic (exact) mass is 311 g/mol. The van der Waals surface area contributed by atoms with E-state index in [1.807, 2.05) is 38.1 Å². The topological polar surface area (TPSA) is 48.4 Å². The van der Waals surface area contributed by atoms with Gasteiger partial charge in [-0.25, -0.2) is 0 Å². The van der Waals surface area contributed by atoms with Crippen LogP contribution in [0.1, 0.15) is 40.9 Å². The molecule has 0 saturated carbocycles. The second-order valence-corrected chi connectivity index (χ2v) is 5.20. The Kier molecular flexibility index (Phi) is 5.16. The van der Waals surface area contributed by atoms with E-state index in [4.69, 9.17) is 9.47 Å². The molecule has 0 saturated heterocycles. The Morgan fingerprint density at radius 3 is 2.35 bits per heavy atom. The van der Waals surface area contributed by atoms with Crippen LogP contribution in [0.2, 0.25) is 0 Å². The largest absolute Gasteiger partial charge is 0.496 e. The van der Waals surface area contributed by atoms with Crippen LogP contribution in [0, 0.1) is 6.92 Å². The number of allylic oxidation sites excluding steroid dienone is 1. The fourth-order valence-electron chi connectivity index (χ4n) is 2.63. The van der Waals surface area contributed by atoms with E-state index < -0.39 is 0 Å². The standard InChI is InChI=1S/C19H21NO3/c1-6-14(15-7-8-20-11-17(15)13(3)21)16-10-18(22-4)12(2)9-19(16)23-5/h6-11H,1-5H3/b14-6+. The molecule has 0 aliphatic rings. The van der Waals surface area contributed by atoms with Crippen LogP contribution in [0.25, 0.3) is 5.57 Å². The van der Waals surface area contributed by atoms with Gasteiger partial charge in [0.1, 0.15) is 11.5 Å². The van der Waals surface area contributed by atoms with E-state index in [2.05, 4.69) is 4.98 Å². The molecule has 0 spiro atoms. The van der Waals surface area contributed by atoms with E-state index in [9.17, 15) is 4.79 Å². The summed E-state index contributed by atoms with van der Waals surface area (Å²) in [5, 5.41) is 0. The molecule has 4 nitrogen and oxygen atoms in total. The van der Waals surface area contributed by atoms with Crippen molar-refractivity contribution in [3.63, 3.8) is 0 Å². The van der Waals surface area contributed by atoms with Crippen LogP contribution in [0.4, 0.5) is 0 Å². The Morgan fingerprint density at radius 1 is 1.09 bits per heavy atom. The van der Waals surface area contributed by atoms with E-state index in [0.29, 0.717) is 5.56 Å². The molecular weight excluding hydrogens is 290 g/mol. The lowest BCUT2D eigenvalue weighted by Gasteiger charge is -2.17. The normalized spacial score (nSPS) is 11.3. The van der Waals surface area contributed by atoms with E-state index in [0.717, 1.165) is 33.8 Å². The van der Waals surface area contributed by atoms with Crippen molar-refractivity contribution in [2.24, 2.45) is 0 Å². The second-order valence-electron chi connectivity index (χ2n) is 5.20. The van der Waals surface area contributed by atoms with Gasteiger partial charge in [0.15, 0.2) is 5.78 Å². The third-order valence-electron chi connectivity index (χ3n) is 3.79. The van der Waals surface area contributed by atoms with Gasteiger partial charge in [-0.05, 0) is 55.7 Å². The van der Waals surface area contributed by atoms with E-state index in [1.165, 1.54) is 0 Å². The number of rotatable bonds is 5. The Morgan fingerprint density at radius 2 is 1.78 bits per heavy atom. The number of Topliss-reactive ketones (excluding diaryl/α,β-unsaturated/α-hetero) is 1. The molecule has 0 atom stereocenters. The van der Waals surface area contributed by atoms with E-state index in [-0.39, 0.29) is 5.78 Å². The molecule has 1 heterocycles. The Balaban J connectivity index is 2.71. The molecule has 0 unspecified atom stereocenters. The molecule has 0 aliphatic heterocycles. The van der Waals surface area contributed by atoms with Crippen LogP contribution >= 0.6 is 0 Å². The zero-order valence-corrected chi connectivity index (χ0v) is 14.1. The van der Waals surface area contributed by atoms with Gasteiger partial charge in [-0.2, -0.15) is 0 Å². The summed E-state index contributed by atoms with van der Waals surface area (Å²) >= 11 is 0. The molecule has 1 aromatic heterocycles. The number of hydrogen-bond acceptors (Lipinski definition) is 4.